The van der Waals surface area contributed by atoms with Gasteiger partial charge in [0, 0.05) is 35.9 Å². The number of aromatic nitrogens is 2. The van der Waals surface area contributed by atoms with Crippen molar-refractivity contribution in [3.8, 4) is 0 Å². The maximum absolute atomic E-state index is 10.3. The SMILES string of the molecule is N=C([O-])c1cccnc1.N=C([O-])c1cccnc1.O=C(O)C(=O)O.[Zn+2]. The van der Waals surface area contributed by atoms with Crippen molar-refractivity contribution >= 4 is 23.7 Å². The molecule has 2 rings (SSSR count). The molecule has 10 nitrogen and oxygen atoms in total. The molecule has 0 bridgehead atoms. The van der Waals surface area contributed by atoms with Crippen LogP contribution in [0.25, 0.3) is 0 Å². The molecule has 0 fully saturated rings. The van der Waals surface area contributed by atoms with Gasteiger partial charge < -0.3 is 31.2 Å². The molecule has 11 heteroatoms. The summed E-state index contributed by atoms with van der Waals surface area (Å²) < 4.78 is 0. The Morgan fingerprint density at radius 1 is 0.840 bits per heavy atom. The van der Waals surface area contributed by atoms with Gasteiger partial charge in [-0.25, -0.2) is 9.59 Å². The van der Waals surface area contributed by atoms with Gasteiger partial charge in [-0.1, -0.05) is 12.1 Å². The van der Waals surface area contributed by atoms with Crippen molar-refractivity contribution in [1.29, 1.82) is 10.8 Å². The number of hydrogen-bond donors (Lipinski definition) is 4. The summed E-state index contributed by atoms with van der Waals surface area (Å²) in [6, 6.07) is 6.37. The van der Waals surface area contributed by atoms with Crippen molar-refractivity contribution in [2.75, 3.05) is 0 Å². The van der Waals surface area contributed by atoms with Gasteiger partial charge >= 0.3 is 31.4 Å². The van der Waals surface area contributed by atoms with E-state index in [0.717, 1.165) is 0 Å². The van der Waals surface area contributed by atoms with Crippen LogP contribution in [0, 0.1) is 10.8 Å². The molecule has 0 radical (unpaired) electrons. The predicted molar refractivity (Wildman–Crippen MR) is 77.4 cm³/mol. The fourth-order valence-corrected chi connectivity index (χ4v) is 0.994. The van der Waals surface area contributed by atoms with Gasteiger partial charge in [0.05, 0.1) is 0 Å². The number of hydrogen-bond acceptors (Lipinski definition) is 8. The van der Waals surface area contributed by atoms with E-state index in [4.69, 9.17) is 30.6 Å². The van der Waals surface area contributed by atoms with Crippen molar-refractivity contribution < 1.29 is 49.5 Å². The summed E-state index contributed by atoms with van der Waals surface area (Å²) in [5.41, 5.74) is 0.662. The molecule has 0 aromatic carbocycles. The smallest absolute Gasteiger partial charge is 0.859 e. The first kappa shape index (κ1) is 24.1. The molecular formula is C14H12N4O6Zn. The summed E-state index contributed by atoms with van der Waals surface area (Å²) in [7, 11) is 0. The third kappa shape index (κ3) is 12.0. The van der Waals surface area contributed by atoms with Gasteiger partial charge in [0.15, 0.2) is 0 Å². The number of nitrogens with zero attached hydrogens (tertiary/aromatic N) is 2. The normalized spacial score (nSPS) is 8.16. The summed E-state index contributed by atoms with van der Waals surface area (Å²) in [6.07, 6.45) is 5.86. The topological polar surface area (TPSA) is 194 Å². The van der Waals surface area contributed by atoms with Crippen molar-refractivity contribution in [2.24, 2.45) is 0 Å². The van der Waals surface area contributed by atoms with E-state index >= 15 is 0 Å². The van der Waals surface area contributed by atoms with E-state index < -0.39 is 23.7 Å². The van der Waals surface area contributed by atoms with Crippen LogP contribution in [0.4, 0.5) is 0 Å². The minimum atomic E-state index is -1.82. The molecule has 0 spiro atoms. The van der Waals surface area contributed by atoms with Crippen LogP contribution in [0.3, 0.4) is 0 Å². The van der Waals surface area contributed by atoms with Crippen LogP contribution in [0.2, 0.25) is 0 Å². The molecule has 4 N–H and O–H groups in total. The van der Waals surface area contributed by atoms with E-state index in [1.807, 2.05) is 0 Å². The molecule has 0 saturated carbocycles. The number of carbonyl (C=O) groups is 2. The molecule has 0 unspecified atom stereocenters. The Hall–Kier alpha value is -3.20. The molecule has 0 aliphatic heterocycles. The van der Waals surface area contributed by atoms with Crippen LogP contribution < -0.4 is 10.2 Å². The molecular weight excluding hydrogens is 386 g/mol. The molecule has 0 aliphatic rings. The van der Waals surface area contributed by atoms with E-state index in [0.29, 0.717) is 11.1 Å². The van der Waals surface area contributed by atoms with Gasteiger partial charge in [0.25, 0.3) is 0 Å². The Morgan fingerprint density at radius 2 is 1.16 bits per heavy atom. The minimum Gasteiger partial charge on any atom is -0.859 e. The summed E-state index contributed by atoms with van der Waals surface area (Å²) in [6.45, 7) is 0. The molecule has 126 valence electrons. The average Bonchev–Trinajstić information content (AvgIpc) is 2.57. The Balaban J connectivity index is 0. The maximum Gasteiger partial charge on any atom is 2.00 e. The van der Waals surface area contributed by atoms with Gasteiger partial charge in [-0.05, 0) is 23.9 Å². The molecule has 0 aliphatic carbocycles. The minimum absolute atomic E-state index is 0. The summed E-state index contributed by atoms with van der Waals surface area (Å²) in [4.78, 5) is 25.5. The van der Waals surface area contributed by atoms with Gasteiger partial charge in [0.2, 0.25) is 0 Å². The van der Waals surface area contributed by atoms with Crippen molar-refractivity contribution in [2.45, 2.75) is 0 Å². The number of rotatable bonds is 2. The second-order valence-corrected chi connectivity index (χ2v) is 3.75. The van der Waals surface area contributed by atoms with Crippen LogP contribution in [0.5, 0.6) is 0 Å². The fourth-order valence-electron chi connectivity index (χ4n) is 0.994. The number of carboxylic acids is 2. The Kier molecular flexibility index (Phi) is 12.8. The standard InChI is InChI=1S/2C6H6N2O.C2H2O4.Zn/c2*7-6(9)5-2-1-3-8-4-5;3-1(4)2(5)6;/h2*1-4H,(H2,7,9);(H,3,4)(H,5,6);/q;;;+2/p-2. The zero-order valence-electron chi connectivity index (χ0n) is 12.7. The first-order valence-corrected chi connectivity index (χ1v) is 6.03. The predicted octanol–water partition coefficient (Wildman–Crippen LogP) is -1.31. The van der Waals surface area contributed by atoms with Gasteiger partial charge in [-0.15, -0.1) is 0 Å². The first-order valence-electron chi connectivity index (χ1n) is 6.03. The van der Waals surface area contributed by atoms with Crippen LogP contribution >= 0.6 is 0 Å². The zero-order valence-corrected chi connectivity index (χ0v) is 15.7. The number of nitrogens with one attached hydrogen (secondary N) is 2. The molecule has 25 heavy (non-hydrogen) atoms. The zero-order chi connectivity index (χ0) is 18.5. The van der Waals surface area contributed by atoms with Gasteiger partial charge in [-0.3, -0.25) is 9.97 Å². The summed E-state index contributed by atoms with van der Waals surface area (Å²) in [5.74, 6) is -5.03. The van der Waals surface area contributed by atoms with Crippen LogP contribution in [0.15, 0.2) is 49.1 Å². The van der Waals surface area contributed by atoms with E-state index in [1.165, 1.54) is 12.4 Å². The maximum atomic E-state index is 10.3. The summed E-state index contributed by atoms with van der Waals surface area (Å²) >= 11 is 0. The van der Waals surface area contributed by atoms with Crippen LogP contribution in [-0.2, 0) is 29.1 Å². The Bertz CT molecular complexity index is 635. The van der Waals surface area contributed by atoms with E-state index in [1.54, 1.807) is 36.7 Å². The first-order chi connectivity index (χ1) is 11.3. The third-order valence-electron chi connectivity index (χ3n) is 2.03. The second-order valence-electron chi connectivity index (χ2n) is 3.75. The second kappa shape index (κ2) is 13.3. The van der Waals surface area contributed by atoms with Gasteiger partial charge in [0.1, 0.15) is 0 Å². The molecule has 2 aromatic rings. The Morgan fingerprint density at radius 3 is 1.28 bits per heavy atom. The third-order valence-corrected chi connectivity index (χ3v) is 2.03. The largest absolute Gasteiger partial charge is 2.00 e. The molecule has 0 saturated heterocycles. The fraction of sp³-hybridized carbons (Fsp3) is 0. The average molecular weight is 398 g/mol. The van der Waals surface area contributed by atoms with E-state index in [9.17, 15) is 10.2 Å². The quantitative estimate of drug-likeness (QED) is 0.207. The van der Waals surface area contributed by atoms with Crippen molar-refractivity contribution in [3.63, 3.8) is 0 Å². The summed E-state index contributed by atoms with van der Waals surface area (Å²) in [5, 5.41) is 48.6. The molecule has 0 amide bonds. The van der Waals surface area contributed by atoms with Crippen molar-refractivity contribution in [1.82, 2.24) is 9.97 Å². The van der Waals surface area contributed by atoms with E-state index in [2.05, 4.69) is 9.97 Å². The number of aliphatic carboxylic acids is 2. The number of pyridine rings is 2. The molecule has 2 aromatic heterocycles. The van der Waals surface area contributed by atoms with Crippen molar-refractivity contribution in [3.05, 3.63) is 60.2 Å². The van der Waals surface area contributed by atoms with Crippen LogP contribution in [0.1, 0.15) is 11.1 Å². The number of carboxylic acid groups (broad SMARTS) is 2. The van der Waals surface area contributed by atoms with Crippen LogP contribution in [-0.4, -0.2) is 43.9 Å². The molecule has 0 atom stereocenters. The Labute approximate surface area is 154 Å². The van der Waals surface area contributed by atoms with Gasteiger partial charge in [-0.2, -0.15) is 0 Å². The molecule has 2 heterocycles. The van der Waals surface area contributed by atoms with E-state index in [-0.39, 0.29) is 19.5 Å². The monoisotopic (exact) mass is 396 g/mol.